The van der Waals surface area contributed by atoms with Crippen LogP contribution in [0.1, 0.15) is 13.3 Å². The van der Waals surface area contributed by atoms with Crippen molar-refractivity contribution in [2.75, 3.05) is 19.6 Å². The second kappa shape index (κ2) is 6.09. The van der Waals surface area contributed by atoms with Gasteiger partial charge in [-0.05, 0) is 6.92 Å². The van der Waals surface area contributed by atoms with Gasteiger partial charge in [0.15, 0.2) is 0 Å². The molecule has 0 aliphatic carbocycles. The molecule has 0 radical (unpaired) electrons. The molecule has 0 saturated heterocycles. The van der Waals surface area contributed by atoms with Gasteiger partial charge in [-0.1, -0.05) is 0 Å². The van der Waals surface area contributed by atoms with E-state index in [1.54, 1.807) is 0 Å². The molecule has 0 bridgehead atoms. The fourth-order valence-corrected chi connectivity index (χ4v) is 0.974. The Labute approximate surface area is 81.1 Å². The van der Waals surface area contributed by atoms with Crippen LogP contribution in [0.15, 0.2) is 0 Å². The van der Waals surface area contributed by atoms with Crippen LogP contribution in [0.4, 0.5) is 0 Å². The predicted molar refractivity (Wildman–Crippen MR) is 47.0 cm³/mol. The number of carboxylic acid groups (broad SMARTS) is 2. The predicted octanol–water partition coefficient (Wildman–Crippen LogP) is -0.563. The SMILES string of the molecule is CC(=O)CN(CCC(=O)O)CC(=O)O. The van der Waals surface area contributed by atoms with Crippen LogP contribution in [-0.4, -0.2) is 52.5 Å². The number of hydrogen-bond acceptors (Lipinski definition) is 4. The van der Waals surface area contributed by atoms with Crippen molar-refractivity contribution >= 4 is 17.7 Å². The Morgan fingerprint density at radius 3 is 2.00 bits per heavy atom. The topological polar surface area (TPSA) is 94.9 Å². The molecule has 0 amide bonds. The van der Waals surface area contributed by atoms with Gasteiger partial charge in [-0.15, -0.1) is 0 Å². The van der Waals surface area contributed by atoms with Gasteiger partial charge in [0.05, 0.1) is 19.5 Å². The Morgan fingerprint density at radius 2 is 1.64 bits per heavy atom. The molecular weight excluding hydrogens is 190 g/mol. The summed E-state index contributed by atoms with van der Waals surface area (Å²) in [6.45, 7) is 1.06. The van der Waals surface area contributed by atoms with Crippen molar-refractivity contribution in [2.24, 2.45) is 0 Å². The Morgan fingerprint density at radius 1 is 1.07 bits per heavy atom. The highest BCUT2D eigenvalue weighted by molar-refractivity contribution is 5.78. The second-order valence-corrected chi connectivity index (χ2v) is 2.95. The molecule has 0 unspecified atom stereocenters. The smallest absolute Gasteiger partial charge is 0.317 e. The fourth-order valence-electron chi connectivity index (χ4n) is 0.974. The molecule has 0 fully saturated rings. The number of carboxylic acids is 2. The largest absolute Gasteiger partial charge is 0.481 e. The van der Waals surface area contributed by atoms with Crippen molar-refractivity contribution in [3.8, 4) is 0 Å². The summed E-state index contributed by atoms with van der Waals surface area (Å²) in [6.07, 6.45) is -0.166. The van der Waals surface area contributed by atoms with Crippen molar-refractivity contribution in [1.29, 1.82) is 0 Å². The molecule has 0 heterocycles. The lowest BCUT2D eigenvalue weighted by atomic mass is 10.3. The Kier molecular flexibility index (Phi) is 5.47. The number of nitrogens with zero attached hydrogens (tertiary/aromatic N) is 1. The molecule has 0 aromatic rings. The van der Waals surface area contributed by atoms with Crippen molar-refractivity contribution in [3.63, 3.8) is 0 Å². The summed E-state index contributed by atoms with van der Waals surface area (Å²) in [6, 6.07) is 0. The van der Waals surface area contributed by atoms with Crippen LogP contribution in [-0.2, 0) is 14.4 Å². The van der Waals surface area contributed by atoms with Gasteiger partial charge in [0, 0.05) is 6.54 Å². The van der Waals surface area contributed by atoms with Crippen molar-refractivity contribution in [3.05, 3.63) is 0 Å². The lowest BCUT2D eigenvalue weighted by molar-refractivity contribution is -0.141. The third-order valence-electron chi connectivity index (χ3n) is 1.45. The molecule has 6 heteroatoms. The zero-order valence-corrected chi connectivity index (χ0v) is 7.89. The minimum atomic E-state index is -1.07. The molecule has 2 N–H and O–H groups in total. The normalized spacial score (nSPS) is 10.1. The molecule has 0 aromatic heterocycles. The highest BCUT2D eigenvalue weighted by Gasteiger charge is 2.12. The molecule has 0 aromatic carbocycles. The van der Waals surface area contributed by atoms with E-state index in [4.69, 9.17) is 10.2 Å². The van der Waals surface area contributed by atoms with Gasteiger partial charge in [0.1, 0.15) is 5.78 Å². The number of Topliss-reactive ketones (excluding diaryl/α,β-unsaturated/α-hetero) is 1. The molecule has 0 aliphatic heterocycles. The summed E-state index contributed by atoms with van der Waals surface area (Å²) in [5, 5.41) is 16.8. The fraction of sp³-hybridized carbons (Fsp3) is 0.625. The minimum Gasteiger partial charge on any atom is -0.481 e. The minimum absolute atomic E-state index is 0.0282. The summed E-state index contributed by atoms with van der Waals surface area (Å²) in [5.74, 6) is -2.27. The first kappa shape index (κ1) is 12.6. The monoisotopic (exact) mass is 203 g/mol. The van der Waals surface area contributed by atoms with E-state index >= 15 is 0 Å². The molecule has 0 aliphatic rings. The van der Waals surface area contributed by atoms with E-state index in [1.807, 2.05) is 0 Å². The van der Waals surface area contributed by atoms with Crippen LogP contribution < -0.4 is 0 Å². The number of aliphatic carboxylic acids is 2. The Bertz CT molecular complexity index is 222. The summed E-state index contributed by atoms with van der Waals surface area (Å²) >= 11 is 0. The third kappa shape index (κ3) is 7.23. The molecule has 0 atom stereocenters. The number of carbonyl (C=O) groups excluding carboxylic acids is 1. The summed E-state index contributed by atoms with van der Waals surface area (Å²) in [5.41, 5.74) is 0. The second-order valence-electron chi connectivity index (χ2n) is 2.95. The first-order valence-corrected chi connectivity index (χ1v) is 4.07. The Hall–Kier alpha value is -1.43. The van der Waals surface area contributed by atoms with Crippen molar-refractivity contribution < 1.29 is 24.6 Å². The zero-order chi connectivity index (χ0) is 11.1. The molecule has 6 nitrogen and oxygen atoms in total. The van der Waals surface area contributed by atoms with Gasteiger partial charge in [-0.25, -0.2) is 0 Å². The summed E-state index contributed by atoms with van der Waals surface area (Å²) < 4.78 is 0. The van der Waals surface area contributed by atoms with Crippen molar-refractivity contribution in [2.45, 2.75) is 13.3 Å². The number of carbonyl (C=O) groups is 3. The molecule has 14 heavy (non-hydrogen) atoms. The van der Waals surface area contributed by atoms with Crippen LogP contribution in [0.3, 0.4) is 0 Å². The maximum atomic E-state index is 10.7. The molecule has 0 rings (SSSR count). The maximum Gasteiger partial charge on any atom is 0.317 e. The van der Waals surface area contributed by atoms with Crippen LogP contribution >= 0.6 is 0 Å². The number of ketones is 1. The van der Waals surface area contributed by atoms with E-state index in [-0.39, 0.29) is 31.8 Å². The molecule has 0 saturated carbocycles. The first-order chi connectivity index (χ1) is 6.41. The van der Waals surface area contributed by atoms with E-state index in [2.05, 4.69) is 0 Å². The van der Waals surface area contributed by atoms with Crippen LogP contribution in [0.25, 0.3) is 0 Å². The van der Waals surface area contributed by atoms with Crippen LogP contribution in [0, 0.1) is 0 Å². The highest BCUT2D eigenvalue weighted by Crippen LogP contribution is 1.92. The Balaban J connectivity index is 4.03. The van der Waals surface area contributed by atoms with Crippen molar-refractivity contribution in [1.82, 2.24) is 4.90 Å². The van der Waals surface area contributed by atoms with E-state index in [0.717, 1.165) is 0 Å². The summed E-state index contributed by atoms with van der Waals surface area (Å²) in [4.78, 5) is 32.5. The first-order valence-electron chi connectivity index (χ1n) is 4.07. The lowest BCUT2D eigenvalue weighted by Crippen LogP contribution is -2.35. The number of hydrogen-bond donors (Lipinski definition) is 2. The van der Waals surface area contributed by atoms with E-state index in [1.165, 1.54) is 11.8 Å². The molecular formula is C8H13NO5. The number of rotatable bonds is 7. The van der Waals surface area contributed by atoms with Gasteiger partial charge in [0.2, 0.25) is 0 Å². The van der Waals surface area contributed by atoms with Gasteiger partial charge < -0.3 is 10.2 Å². The average Bonchev–Trinajstić information content (AvgIpc) is 1.97. The van der Waals surface area contributed by atoms with Gasteiger partial charge in [0.25, 0.3) is 0 Å². The van der Waals surface area contributed by atoms with E-state index < -0.39 is 11.9 Å². The van der Waals surface area contributed by atoms with Gasteiger partial charge in [-0.3, -0.25) is 19.3 Å². The van der Waals surface area contributed by atoms with Crippen LogP contribution in [0.2, 0.25) is 0 Å². The standard InChI is InChI=1S/C8H13NO5/c1-6(10)4-9(5-8(13)14)3-2-7(11)12/h2-5H2,1H3,(H,11,12)(H,13,14). The van der Waals surface area contributed by atoms with E-state index in [0.29, 0.717) is 0 Å². The van der Waals surface area contributed by atoms with Crippen LogP contribution in [0.5, 0.6) is 0 Å². The van der Waals surface area contributed by atoms with Gasteiger partial charge >= 0.3 is 11.9 Å². The summed E-state index contributed by atoms with van der Waals surface area (Å²) in [7, 11) is 0. The maximum absolute atomic E-state index is 10.7. The highest BCUT2D eigenvalue weighted by atomic mass is 16.4. The molecule has 0 spiro atoms. The van der Waals surface area contributed by atoms with E-state index in [9.17, 15) is 14.4 Å². The lowest BCUT2D eigenvalue weighted by Gasteiger charge is -2.16. The van der Waals surface area contributed by atoms with Gasteiger partial charge in [-0.2, -0.15) is 0 Å². The third-order valence-corrected chi connectivity index (χ3v) is 1.45. The molecule has 80 valence electrons. The zero-order valence-electron chi connectivity index (χ0n) is 7.89. The quantitative estimate of drug-likeness (QED) is 0.575. The average molecular weight is 203 g/mol.